The van der Waals surface area contributed by atoms with Crippen LogP contribution in [0.15, 0.2) is 18.2 Å². The Morgan fingerprint density at radius 2 is 2.17 bits per heavy atom. The van der Waals surface area contributed by atoms with Crippen molar-refractivity contribution in [2.24, 2.45) is 5.92 Å². The Kier molecular flexibility index (Phi) is 5.96. The van der Waals surface area contributed by atoms with E-state index in [-0.39, 0.29) is 16.7 Å². The number of hydrogen-bond acceptors (Lipinski definition) is 2. The van der Waals surface area contributed by atoms with Gasteiger partial charge in [-0.25, -0.2) is 0 Å². The Morgan fingerprint density at radius 3 is 2.67 bits per heavy atom. The largest absolute Gasteiger partial charge is 0.492 e. The fourth-order valence-electron chi connectivity index (χ4n) is 1.37. The molecule has 0 bridgehead atoms. The van der Waals surface area contributed by atoms with Crippen molar-refractivity contribution in [3.05, 3.63) is 23.2 Å². The molecule has 1 atom stereocenters. The van der Waals surface area contributed by atoms with Crippen molar-refractivity contribution in [3.8, 4) is 5.75 Å². The molecule has 5 heteroatoms. The Labute approximate surface area is 121 Å². The summed E-state index contributed by atoms with van der Waals surface area (Å²) >= 11 is 9.40. The van der Waals surface area contributed by atoms with Gasteiger partial charge >= 0.3 is 0 Å². The summed E-state index contributed by atoms with van der Waals surface area (Å²) in [5, 5.41) is 3.30. The van der Waals surface area contributed by atoms with Gasteiger partial charge in [-0.3, -0.25) is 4.79 Å². The van der Waals surface area contributed by atoms with E-state index < -0.39 is 0 Å². The van der Waals surface area contributed by atoms with E-state index in [9.17, 15) is 4.79 Å². The van der Waals surface area contributed by atoms with Crippen LogP contribution in [0.5, 0.6) is 5.75 Å². The minimum Gasteiger partial charge on any atom is -0.492 e. The van der Waals surface area contributed by atoms with Gasteiger partial charge in [0.05, 0.1) is 16.5 Å². The molecule has 0 fully saturated rings. The number of anilines is 1. The molecule has 0 aromatic heterocycles. The van der Waals surface area contributed by atoms with Gasteiger partial charge in [0.15, 0.2) is 0 Å². The number of benzene rings is 1. The van der Waals surface area contributed by atoms with Crippen LogP contribution in [-0.2, 0) is 4.79 Å². The van der Waals surface area contributed by atoms with Crippen LogP contribution in [0.2, 0.25) is 5.02 Å². The molecule has 1 aromatic rings. The van der Waals surface area contributed by atoms with Gasteiger partial charge < -0.3 is 10.1 Å². The predicted octanol–water partition coefficient (Wildman–Crippen LogP) is 4.10. The number of hydrogen-bond donors (Lipinski definition) is 1. The average molecular weight is 335 g/mol. The van der Waals surface area contributed by atoms with Gasteiger partial charge in [-0.15, -0.1) is 0 Å². The summed E-state index contributed by atoms with van der Waals surface area (Å²) in [6, 6.07) is 5.21. The summed E-state index contributed by atoms with van der Waals surface area (Å²) in [6.07, 6.45) is 0. The number of ether oxygens (including phenoxy) is 1. The van der Waals surface area contributed by atoms with Crippen molar-refractivity contribution >= 4 is 39.1 Å². The van der Waals surface area contributed by atoms with Crippen molar-refractivity contribution in [3.63, 3.8) is 0 Å². The van der Waals surface area contributed by atoms with E-state index in [1.54, 1.807) is 18.2 Å². The third-order valence-corrected chi connectivity index (χ3v) is 4.10. The number of carbonyl (C=O) groups is 1. The standard InChI is InChI=1S/C13H17BrClNO2/c1-4-18-11-6-5-9(7-10(11)15)16-13(17)12(14)8(2)3/h5-8,12H,4H2,1-3H3,(H,16,17). The highest BCUT2D eigenvalue weighted by Crippen LogP contribution is 2.28. The van der Waals surface area contributed by atoms with Crippen molar-refractivity contribution in [2.45, 2.75) is 25.6 Å². The summed E-state index contributed by atoms with van der Waals surface area (Å²) in [5.74, 6) is 0.768. The maximum atomic E-state index is 11.8. The lowest BCUT2D eigenvalue weighted by atomic mass is 10.1. The summed E-state index contributed by atoms with van der Waals surface area (Å²) < 4.78 is 5.33. The monoisotopic (exact) mass is 333 g/mol. The summed E-state index contributed by atoms with van der Waals surface area (Å²) in [6.45, 7) is 6.40. The topological polar surface area (TPSA) is 38.3 Å². The summed E-state index contributed by atoms with van der Waals surface area (Å²) in [7, 11) is 0. The lowest BCUT2D eigenvalue weighted by Gasteiger charge is -2.14. The Hall–Kier alpha value is -0.740. The maximum absolute atomic E-state index is 11.8. The number of halogens is 2. The first-order valence-electron chi connectivity index (χ1n) is 5.83. The van der Waals surface area contributed by atoms with Gasteiger partial charge in [0, 0.05) is 5.69 Å². The van der Waals surface area contributed by atoms with Crippen molar-refractivity contribution in [2.75, 3.05) is 11.9 Å². The quantitative estimate of drug-likeness (QED) is 0.823. The number of amides is 1. The molecule has 3 nitrogen and oxygen atoms in total. The fourth-order valence-corrected chi connectivity index (χ4v) is 1.71. The Bertz CT molecular complexity index is 423. The van der Waals surface area contributed by atoms with Crippen LogP contribution in [0.1, 0.15) is 20.8 Å². The van der Waals surface area contributed by atoms with Gasteiger partial charge in [0.1, 0.15) is 5.75 Å². The minimum absolute atomic E-state index is 0.0785. The van der Waals surface area contributed by atoms with E-state index in [0.717, 1.165) is 0 Å². The second-order valence-corrected chi connectivity index (χ2v) is 5.61. The molecule has 0 saturated heterocycles. The predicted molar refractivity (Wildman–Crippen MR) is 78.8 cm³/mol. The van der Waals surface area contributed by atoms with Crippen molar-refractivity contribution < 1.29 is 9.53 Å². The molecule has 0 aliphatic carbocycles. The SMILES string of the molecule is CCOc1ccc(NC(=O)C(Br)C(C)C)cc1Cl. The minimum atomic E-state index is -0.220. The van der Waals surface area contributed by atoms with E-state index >= 15 is 0 Å². The molecule has 0 heterocycles. The number of nitrogens with one attached hydrogen (secondary N) is 1. The van der Waals surface area contributed by atoms with Crippen LogP contribution < -0.4 is 10.1 Å². The second-order valence-electron chi connectivity index (χ2n) is 4.21. The number of rotatable bonds is 5. The zero-order valence-electron chi connectivity index (χ0n) is 10.7. The molecule has 1 rings (SSSR count). The first kappa shape index (κ1) is 15.3. The molecule has 1 N–H and O–H groups in total. The Morgan fingerprint density at radius 1 is 1.50 bits per heavy atom. The van der Waals surface area contributed by atoms with E-state index in [4.69, 9.17) is 16.3 Å². The highest BCUT2D eigenvalue weighted by Gasteiger charge is 2.18. The van der Waals surface area contributed by atoms with Crippen molar-refractivity contribution in [1.29, 1.82) is 0 Å². The molecule has 1 amide bonds. The highest BCUT2D eigenvalue weighted by molar-refractivity contribution is 9.10. The molecule has 100 valence electrons. The first-order valence-corrected chi connectivity index (χ1v) is 7.12. The third-order valence-electron chi connectivity index (χ3n) is 2.34. The van der Waals surface area contributed by atoms with Crippen LogP contribution >= 0.6 is 27.5 Å². The zero-order valence-corrected chi connectivity index (χ0v) is 13.0. The van der Waals surface area contributed by atoms with Gasteiger partial charge in [-0.2, -0.15) is 0 Å². The summed E-state index contributed by atoms with van der Waals surface area (Å²) in [5.41, 5.74) is 0.665. The van der Waals surface area contributed by atoms with Gasteiger partial charge in [0.2, 0.25) is 5.91 Å². The third kappa shape index (κ3) is 4.18. The van der Waals surface area contributed by atoms with E-state index in [1.165, 1.54) is 0 Å². The van der Waals surface area contributed by atoms with E-state index in [1.807, 2.05) is 20.8 Å². The molecule has 0 saturated carbocycles. The molecule has 1 unspecified atom stereocenters. The molecular weight excluding hydrogens is 318 g/mol. The number of alkyl halides is 1. The van der Waals surface area contributed by atoms with E-state index in [0.29, 0.717) is 23.1 Å². The molecule has 0 radical (unpaired) electrons. The van der Waals surface area contributed by atoms with Crippen LogP contribution in [0.3, 0.4) is 0 Å². The summed E-state index contributed by atoms with van der Waals surface area (Å²) in [4.78, 5) is 11.6. The normalized spacial score (nSPS) is 12.3. The van der Waals surface area contributed by atoms with Gasteiger partial charge in [0.25, 0.3) is 0 Å². The zero-order chi connectivity index (χ0) is 13.7. The average Bonchev–Trinajstić information content (AvgIpc) is 2.31. The lowest BCUT2D eigenvalue weighted by molar-refractivity contribution is -0.116. The molecule has 18 heavy (non-hydrogen) atoms. The van der Waals surface area contributed by atoms with Gasteiger partial charge in [-0.1, -0.05) is 41.4 Å². The Balaban J connectivity index is 2.74. The van der Waals surface area contributed by atoms with Crippen LogP contribution in [-0.4, -0.2) is 17.3 Å². The molecular formula is C13H17BrClNO2. The fraction of sp³-hybridized carbons (Fsp3) is 0.462. The molecule has 0 aliphatic heterocycles. The second kappa shape index (κ2) is 7.00. The van der Waals surface area contributed by atoms with Gasteiger partial charge in [-0.05, 0) is 31.0 Å². The smallest absolute Gasteiger partial charge is 0.238 e. The van der Waals surface area contributed by atoms with Crippen LogP contribution in [0, 0.1) is 5.92 Å². The van der Waals surface area contributed by atoms with Crippen LogP contribution in [0.25, 0.3) is 0 Å². The highest BCUT2D eigenvalue weighted by atomic mass is 79.9. The van der Waals surface area contributed by atoms with E-state index in [2.05, 4.69) is 21.2 Å². The van der Waals surface area contributed by atoms with Crippen LogP contribution in [0.4, 0.5) is 5.69 Å². The number of carbonyl (C=O) groups excluding carboxylic acids is 1. The maximum Gasteiger partial charge on any atom is 0.238 e. The first-order chi connectivity index (χ1) is 8.45. The molecule has 0 spiro atoms. The lowest BCUT2D eigenvalue weighted by Crippen LogP contribution is -2.26. The molecule has 1 aromatic carbocycles. The van der Waals surface area contributed by atoms with Crippen molar-refractivity contribution in [1.82, 2.24) is 0 Å². The molecule has 0 aliphatic rings.